The van der Waals surface area contributed by atoms with Gasteiger partial charge in [0.15, 0.2) is 5.78 Å². The van der Waals surface area contributed by atoms with Crippen LogP contribution in [0.4, 0.5) is 5.69 Å². The molecule has 0 aliphatic carbocycles. The van der Waals surface area contributed by atoms with Crippen molar-refractivity contribution in [3.05, 3.63) is 54.4 Å². The Labute approximate surface area is 133 Å². The molecule has 0 fully saturated rings. The number of sulfonamides is 1. The number of anilines is 1. The second kappa shape index (κ2) is 5.51. The minimum absolute atomic E-state index is 0.0809. The van der Waals surface area contributed by atoms with Crippen molar-refractivity contribution in [3.63, 3.8) is 0 Å². The number of nitrogens with one attached hydrogen (secondary N) is 1. The standard InChI is InChI=1S/C16H15N3O3S/c1-11(20)12-4-3-5-14(8-12)23(21,22)19(2)13-6-7-15-16(9-13)18-10-17-15/h3-10H,1-2H3,(H,17,18). The predicted octanol–water partition coefficient (Wildman–Crippen LogP) is 2.59. The molecule has 0 radical (unpaired) electrons. The Kier molecular flexibility index (Phi) is 3.65. The third-order valence-electron chi connectivity index (χ3n) is 3.67. The molecule has 1 N–H and O–H groups in total. The average molecular weight is 329 g/mol. The van der Waals surface area contributed by atoms with Crippen molar-refractivity contribution in [2.75, 3.05) is 11.4 Å². The maximum absolute atomic E-state index is 12.8. The lowest BCUT2D eigenvalue weighted by atomic mass is 10.2. The van der Waals surface area contributed by atoms with Gasteiger partial charge in [0.2, 0.25) is 0 Å². The molecule has 1 heterocycles. The minimum Gasteiger partial charge on any atom is -0.345 e. The Morgan fingerprint density at radius 3 is 2.70 bits per heavy atom. The topological polar surface area (TPSA) is 83.1 Å². The number of carbonyl (C=O) groups excluding carboxylic acids is 1. The normalized spacial score (nSPS) is 11.6. The molecule has 3 aromatic rings. The van der Waals surface area contributed by atoms with E-state index in [1.807, 2.05) is 0 Å². The summed E-state index contributed by atoms with van der Waals surface area (Å²) in [5.41, 5.74) is 2.39. The highest BCUT2D eigenvalue weighted by molar-refractivity contribution is 7.92. The van der Waals surface area contributed by atoms with E-state index >= 15 is 0 Å². The summed E-state index contributed by atoms with van der Waals surface area (Å²) in [6.45, 7) is 1.40. The minimum atomic E-state index is -3.75. The van der Waals surface area contributed by atoms with E-state index < -0.39 is 10.0 Å². The van der Waals surface area contributed by atoms with Crippen LogP contribution in [0.15, 0.2) is 53.7 Å². The van der Waals surface area contributed by atoms with E-state index in [1.54, 1.807) is 36.7 Å². The number of hydrogen-bond acceptors (Lipinski definition) is 4. The van der Waals surface area contributed by atoms with Gasteiger partial charge in [-0.15, -0.1) is 0 Å². The molecule has 0 saturated heterocycles. The van der Waals surface area contributed by atoms with Crippen molar-refractivity contribution in [1.29, 1.82) is 0 Å². The number of H-pyrrole nitrogens is 1. The number of fused-ring (bicyclic) bond motifs is 1. The summed E-state index contributed by atoms with van der Waals surface area (Å²) >= 11 is 0. The van der Waals surface area contributed by atoms with Crippen LogP contribution in [0.1, 0.15) is 17.3 Å². The maximum Gasteiger partial charge on any atom is 0.264 e. The fourth-order valence-corrected chi connectivity index (χ4v) is 3.53. The average Bonchev–Trinajstić information content (AvgIpc) is 3.01. The van der Waals surface area contributed by atoms with Crippen molar-refractivity contribution in [3.8, 4) is 0 Å². The van der Waals surface area contributed by atoms with E-state index in [0.29, 0.717) is 11.3 Å². The molecular formula is C16H15N3O3S. The van der Waals surface area contributed by atoms with E-state index in [2.05, 4.69) is 9.97 Å². The van der Waals surface area contributed by atoms with Gasteiger partial charge >= 0.3 is 0 Å². The number of benzene rings is 2. The van der Waals surface area contributed by atoms with Crippen LogP contribution in [0, 0.1) is 0 Å². The van der Waals surface area contributed by atoms with Crippen LogP contribution in [0.5, 0.6) is 0 Å². The highest BCUT2D eigenvalue weighted by atomic mass is 32.2. The van der Waals surface area contributed by atoms with Gasteiger partial charge in [0.05, 0.1) is 27.9 Å². The molecule has 6 nitrogen and oxygen atoms in total. The second-order valence-corrected chi connectivity index (χ2v) is 7.13. The first-order chi connectivity index (χ1) is 10.9. The Bertz CT molecular complexity index is 992. The number of nitrogens with zero attached hydrogens (tertiary/aromatic N) is 2. The van der Waals surface area contributed by atoms with Crippen LogP contribution in [0.3, 0.4) is 0 Å². The van der Waals surface area contributed by atoms with Crippen molar-refractivity contribution >= 4 is 32.5 Å². The molecule has 1 aromatic heterocycles. The highest BCUT2D eigenvalue weighted by Gasteiger charge is 2.22. The highest BCUT2D eigenvalue weighted by Crippen LogP contribution is 2.25. The van der Waals surface area contributed by atoms with E-state index in [4.69, 9.17) is 0 Å². The summed E-state index contributed by atoms with van der Waals surface area (Å²) in [6.07, 6.45) is 1.55. The van der Waals surface area contributed by atoms with Crippen LogP contribution in [0.25, 0.3) is 11.0 Å². The van der Waals surface area contributed by atoms with Gasteiger partial charge in [-0.1, -0.05) is 12.1 Å². The van der Waals surface area contributed by atoms with E-state index in [-0.39, 0.29) is 10.7 Å². The lowest BCUT2D eigenvalue weighted by Crippen LogP contribution is -2.26. The number of rotatable bonds is 4. The van der Waals surface area contributed by atoms with E-state index in [9.17, 15) is 13.2 Å². The fraction of sp³-hybridized carbons (Fsp3) is 0.125. The summed E-state index contributed by atoms with van der Waals surface area (Å²) in [4.78, 5) is 18.6. The van der Waals surface area contributed by atoms with Crippen molar-refractivity contribution < 1.29 is 13.2 Å². The van der Waals surface area contributed by atoms with Crippen molar-refractivity contribution in [2.45, 2.75) is 11.8 Å². The summed E-state index contributed by atoms with van der Waals surface area (Å²) in [5, 5.41) is 0. The number of imidazole rings is 1. The fourth-order valence-electron chi connectivity index (χ4n) is 2.29. The molecule has 23 heavy (non-hydrogen) atoms. The Morgan fingerprint density at radius 2 is 1.96 bits per heavy atom. The molecule has 118 valence electrons. The molecule has 0 amide bonds. The lowest BCUT2D eigenvalue weighted by Gasteiger charge is -2.19. The predicted molar refractivity (Wildman–Crippen MR) is 88.1 cm³/mol. The monoisotopic (exact) mass is 329 g/mol. The van der Waals surface area contributed by atoms with Gasteiger partial charge in [-0.3, -0.25) is 9.10 Å². The quantitative estimate of drug-likeness (QED) is 0.746. The molecule has 0 aliphatic heterocycles. The van der Waals surface area contributed by atoms with Gasteiger partial charge in [0.25, 0.3) is 10.0 Å². The zero-order chi connectivity index (χ0) is 16.6. The Hall–Kier alpha value is -2.67. The number of aromatic amines is 1. The third kappa shape index (κ3) is 2.70. The Morgan fingerprint density at radius 1 is 1.17 bits per heavy atom. The SMILES string of the molecule is CC(=O)c1cccc(S(=O)(=O)N(C)c2ccc3nc[nH]c3c2)c1. The zero-order valence-electron chi connectivity index (χ0n) is 12.6. The largest absolute Gasteiger partial charge is 0.345 e. The smallest absolute Gasteiger partial charge is 0.264 e. The summed E-state index contributed by atoms with van der Waals surface area (Å²) in [7, 11) is -2.27. The van der Waals surface area contributed by atoms with E-state index in [1.165, 1.54) is 30.4 Å². The van der Waals surface area contributed by atoms with Gasteiger partial charge in [-0.2, -0.15) is 0 Å². The van der Waals surface area contributed by atoms with Gasteiger partial charge in [-0.05, 0) is 37.3 Å². The van der Waals surface area contributed by atoms with Crippen LogP contribution in [-0.2, 0) is 10.0 Å². The number of aromatic nitrogens is 2. The van der Waals surface area contributed by atoms with Crippen molar-refractivity contribution in [2.24, 2.45) is 0 Å². The summed E-state index contributed by atoms with van der Waals surface area (Å²) in [6, 6.07) is 11.2. The summed E-state index contributed by atoms with van der Waals surface area (Å²) in [5.74, 6) is -0.177. The molecule has 0 bridgehead atoms. The first-order valence-corrected chi connectivity index (χ1v) is 8.36. The molecule has 0 aliphatic rings. The molecular weight excluding hydrogens is 314 g/mol. The number of hydrogen-bond donors (Lipinski definition) is 1. The molecule has 3 rings (SSSR count). The second-order valence-electron chi connectivity index (χ2n) is 5.16. The molecule has 0 unspecified atom stereocenters. The first kappa shape index (κ1) is 15.2. The maximum atomic E-state index is 12.8. The first-order valence-electron chi connectivity index (χ1n) is 6.92. The van der Waals surface area contributed by atoms with E-state index in [0.717, 1.165) is 11.0 Å². The van der Waals surface area contributed by atoms with Gasteiger partial charge in [0, 0.05) is 12.6 Å². The van der Waals surface area contributed by atoms with Gasteiger partial charge in [-0.25, -0.2) is 13.4 Å². The van der Waals surface area contributed by atoms with Crippen LogP contribution in [-0.4, -0.2) is 31.2 Å². The van der Waals surface area contributed by atoms with Crippen LogP contribution in [0.2, 0.25) is 0 Å². The molecule has 7 heteroatoms. The number of ketones is 1. The molecule has 0 saturated carbocycles. The molecule has 0 spiro atoms. The molecule has 2 aromatic carbocycles. The number of Topliss-reactive ketones (excluding diaryl/α,β-unsaturated/α-hetero) is 1. The lowest BCUT2D eigenvalue weighted by molar-refractivity contribution is 0.101. The molecule has 0 atom stereocenters. The number of carbonyl (C=O) groups is 1. The van der Waals surface area contributed by atoms with Gasteiger partial charge < -0.3 is 4.98 Å². The summed E-state index contributed by atoms with van der Waals surface area (Å²) < 4.78 is 26.7. The van der Waals surface area contributed by atoms with Crippen LogP contribution < -0.4 is 4.31 Å². The van der Waals surface area contributed by atoms with Gasteiger partial charge in [0.1, 0.15) is 0 Å². The third-order valence-corrected chi connectivity index (χ3v) is 5.45. The zero-order valence-corrected chi connectivity index (χ0v) is 13.5. The van der Waals surface area contributed by atoms with Crippen molar-refractivity contribution in [1.82, 2.24) is 9.97 Å². The van der Waals surface area contributed by atoms with Crippen LogP contribution >= 0.6 is 0 Å². The Balaban J connectivity index is 2.04.